The lowest BCUT2D eigenvalue weighted by molar-refractivity contribution is -0.0658. The van der Waals surface area contributed by atoms with Crippen LogP contribution in [0.3, 0.4) is 0 Å². The molecular weight excluding hydrogens is 228 g/mol. The molecule has 0 bridgehead atoms. The van der Waals surface area contributed by atoms with Crippen molar-refractivity contribution in [2.45, 2.75) is 39.2 Å². The molecule has 0 N–H and O–H groups in total. The molecule has 4 heteroatoms. The van der Waals surface area contributed by atoms with E-state index in [4.69, 9.17) is 0 Å². The summed E-state index contributed by atoms with van der Waals surface area (Å²) in [5.74, 6) is -2.49. The van der Waals surface area contributed by atoms with Crippen LogP contribution >= 0.6 is 11.3 Å². The molecule has 0 aliphatic carbocycles. The molecule has 0 saturated carbocycles. The van der Waals surface area contributed by atoms with E-state index in [9.17, 15) is 8.78 Å². The highest BCUT2D eigenvalue weighted by Crippen LogP contribution is 2.29. The Kier molecular flexibility index (Phi) is 3.31. The van der Waals surface area contributed by atoms with Gasteiger partial charge >= 0.3 is 0 Å². The Labute approximate surface area is 99.1 Å². The number of likely N-dealkylation sites (tertiary alicyclic amines) is 1. The third-order valence-corrected chi connectivity index (χ3v) is 4.21. The van der Waals surface area contributed by atoms with Gasteiger partial charge < -0.3 is 0 Å². The molecule has 1 fully saturated rings. The summed E-state index contributed by atoms with van der Waals surface area (Å²) >= 11 is 1.72. The first kappa shape index (κ1) is 12.0. The monoisotopic (exact) mass is 245 g/mol. The molecule has 2 rings (SSSR count). The molecule has 90 valence electrons. The van der Waals surface area contributed by atoms with E-state index in [0.29, 0.717) is 13.0 Å². The number of aryl methyl sites for hydroxylation is 2. The number of thiophene rings is 1. The maximum absolute atomic E-state index is 13.2. The highest BCUT2D eigenvalue weighted by molar-refractivity contribution is 7.12. The molecule has 2 heterocycles. The fourth-order valence-electron chi connectivity index (χ4n) is 2.13. The highest BCUT2D eigenvalue weighted by Gasteiger charge is 2.34. The van der Waals surface area contributed by atoms with E-state index in [0.717, 1.165) is 6.54 Å². The molecule has 0 amide bonds. The number of hydrogen-bond donors (Lipinski definition) is 0. The third-order valence-electron chi connectivity index (χ3n) is 3.07. The zero-order valence-corrected chi connectivity index (χ0v) is 10.5. The number of piperidine rings is 1. The van der Waals surface area contributed by atoms with Crippen LogP contribution in [0.1, 0.15) is 28.2 Å². The third kappa shape index (κ3) is 2.80. The van der Waals surface area contributed by atoms with Gasteiger partial charge in [-0.1, -0.05) is 0 Å². The van der Waals surface area contributed by atoms with Crippen LogP contribution < -0.4 is 0 Å². The van der Waals surface area contributed by atoms with E-state index in [1.165, 1.54) is 15.3 Å². The molecule has 0 unspecified atom stereocenters. The minimum Gasteiger partial charge on any atom is -0.292 e. The first-order chi connectivity index (χ1) is 7.46. The van der Waals surface area contributed by atoms with Crippen LogP contribution in [0, 0.1) is 13.8 Å². The number of nitrogens with zero attached hydrogens (tertiary/aromatic N) is 1. The van der Waals surface area contributed by atoms with Crippen LogP contribution in [-0.2, 0) is 6.54 Å². The number of hydrogen-bond acceptors (Lipinski definition) is 2. The van der Waals surface area contributed by atoms with E-state index >= 15 is 0 Å². The van der Waals surface area contributed by atoms with Gasteiger partial charge in [0.2, 0.25) is 0 Å². The van der Waals surface area contributed by atoms with Gasteiger partial charge in [0.25, 0.3) is 5.92 Å². The van der Waals surface area contributed by atoms with Gasteiger partial charge in [-0.2, -0.15) is 0 Å². The van der Waals surface area contributed by atoms with Gasteiger partial charge in [-0.15, -0.1) is 11.3 Å². The van der Waals surface area contributed by atoms with E-state index in [1.807, 2.05) is 4.90 Å². The Morgan fingerprint density at radius 2 is 2.19 bits per heavy atom. The summed E-state index contributed by atoms with van der Waals surface area (Å²) in [5, 5.41) is 0. The Bertz CT molecular complexity index is 354. The van der Waals surface area contributed by atoms with Crippen LogP contribution in [0.25, 0.3) is 0 Å². The first-order valence-electron chi connectivity index (χ1n) is 5.62. The van der Waals surface area contributed by atoms with Crippen LogP contribution in [0.5, 0.6) is 0 Å². The average Bonchev–Trinajstić information content (AvgIpc) is 2.43. The van der Waals surface area contributed by atoms with Crippen molar-refractivity contribution < 1.29 is 8.78 Å². The fourth-order valence-corrected chi connectivity index (χ4v) is 3.23. The van der Waals surface area contributed by atoms with Crippen LogP contribution in [-0.4, -0.2) is 23.9 Å². The number of alkyl halides is 2. The van der Waals surface area contributed by atoms with Crippen LogP contribution in [0.15, 0.2) is 6.07 Å². The molecule has 0 atom stereocenters. The van der Waals surface area contributed by atoms with Crippen molar-refractivity contribution in [1.82, 2.24) is 4.90 Å². The second-order valence-corrected chi connectivity index (χ2v) is 5.96. The van der Waals surface area contributed by atoms with Crippen molar-refractivity contribution in [2.75, 3.05) is 13.1 Å². The van der Waals surface area contributed by atoms with Crippen molar-refractivity contribution in [3.63, 3.8) is 0 Å². The lowest BCUT2D eigenvalue weighted by atomic mass is 10.1. The minimum atomic E-state index is -2.49. The van der Waals surface area contributed by atoms with Gasteiger partial charge in [0, 0.05) is 22.7 Å². The Balaban J connectivity index is 1.99. The lowest BCUT2D eigenvalue weighted by Gasteiger charge is -2.31. The predicted octanol–water partition coefficient (Wildman–Crippen LogP) is 3.60. The lowest BCUT2D eigenvalue weighted by Crippen LogP contribution is -2.41. The SMILES string of the molecule is Cc1cc(CN2CCCC(F)(F)C2)sc1C. The van der Waals surface area contributed by atoms with E-state index in [1.54, 1.807) is 11.3 Å². The predicted molar refractivity (Wildman–Crippen MR) is 63.3 cm³/mol. The maximum atomic E-state index is 13.2. The molecule has 1 aromatic rings. The molecule has 0 spiro atoms. The van der Waals surface area contributed by atoms with E-state index in [-0.39, 0.29) is 13.0 Å². The Morgan fingerprint density at radius 3 is 2.75 bits per heavy atom. The minimum absolute atomic E-state index is 0.0476. The van der Waals surface area contributed by atoms with Gasteiger partial charge in [0.05, 0.1) is 6.54 Å². The van der Waals surface area contributed by atoms with Gasteiger partial charge in [-0.05, 0) is 38.4 Å². The molecule has 1 nitrogen and oxygen atoms in total. The normalized spacial score (nSPS) is 21.2. The molecule has 1 saturated heterocycles. The van der Waals surface area contributed by atoms with Crippen LogP contribution in [0.2, 0.25) is 0 Å². The van der Waals surface area contributed by atoms with Crippen molar-refractivity contribution in [2.24, 2.45) is 0 Å². The summed E-state index contributed by atoms with van der Waals surface area (Å²) in [4.78, 5) is 4.36. The molecule has 0 radical (unpaired) electrons. The molecule has 16 heavy (non-hydrogen) atoms. The largest absolute Gasteiger partial charge is 0.292 e. The van der Waals surface area contributed by atoms with Crippen molar-refractivity contribution in [3.8, 4) is 0 Å². The second kappa shape index (κ2) is 4.41. The molecule has 0 aromatic carbocycles. The second-order valence-electron chi connectivity index (χ2n) is 4.62. The molecule has 1 aliphatic heterocycles. The van der Waals surface area contributed by atoms with Crippen molar-refractivity contribution >= 4 is 11.3 Å². The smallest absolute Gasteiger partial charge is 0.260 e. The maximum Gasteiger partial charge on any atom is 0.260 e. The number of halogens is 2. The first-order valence-corrected chi connectivity index (χ1v) is 6.44. The van der Waals surface area contributed by atoms with E-state index in [2.05, 4.69) is 19.9 Å². The fraction of sp³-hybridized carbons (Fsp3) is 0.667. The summed E-state index contributed by atoms with van der Waals surface area (Å²) in [7, 11) is 0. The summed E-state index contributed by atoms with van der Waals surface area (Å²) in [6.07, 6.45) is 0.655. The molecule has 1 aliphatic rings. The molecule has 1 aromatic heterocycles. The summed E-state index contributed by atoms with van der Waals surface area (Å²) < 4.78 is 26.4. The summed E-state index contributed by atoms with van der Waals surface area (Å²) in [6.45, 7) is 5.54. The van der Waals surface area contributed by atoms with Gasteiger partial charge in [-0.3, -0.25) is 4.90 Å². The van der Waals surface area contributed by atoms with Crippen molar-refractivity contribution in [1.29, 1.82) is 0 Å². The number of rotatable bonds is 2. The average molecular weight is 245 g/mol. The van der Waals surface area contributed by atoms with Gasteiger partial charge in [-0.25, -0.2) is 8.78 Å². The highest BCUT2D eigenvalue weighted by atomic mass is 32.1. The van der Waals surface area contributed by atoms with E-state index < -0.39 is 5.92 Å². The summed E-state index contributed by atoms with van der Waals surface area (Å²) in [5.41, 5.74) is 1.27. The zero-order valence-electron chi connectivity index (χ0n) is 9.72. The topological polar surface area (TPSA) is 3.24 Å². The molecular formula is C12H17F2NS. The Morgan fingerprint density at radius 1 is 1.44 bits per heavy atom. The summed E-state index contributed by atoms with van der Waals surface area (Å²) in [6, 6.07) is 2.12. The standard InChI is InChI=1S/C12H17F2NS/c1-9-6-11(16-10(9)2)7-15-5-3-4-12(13,14)8-15/h6H,3-5,7-8H2,1-2H3. The van der Waals surface area contributed by atoms with Crippen molar-refractivity contribution in [3.05, 3.63) is 21.4 Å². The van der Waals surface area contributed by atoms with Gasteiger partial charge in [0.1, 0.15) is 0 Å². The Hall–Kier alpha value is -0.480. The van der Waals surface area contributed by atoms with Gasteiger partial charge in [0.15, 0.2) is 0 Å². The quantitative estimate of drug-likeness (QED) is 0.769. The van der Waals surface area contributed by atoms with Crippen LogP contribution in [0.4, 0.5) is 8.78 Å². The zero-order chi connectivity index (χ0) is 11.8.